The Kier molecular flexibility index (Phi) is 2.88. The van der Waals surface area contributed by atoms with E-state index in [1.54, 1.807) is 13.0 Å². The van der Waals surface area contributed by atoms with Gasteiger partial charge in [-0.15, -0.1) is 11.3 Å². The number of ketones is 1. The molecule has 0 aliphatic carbocycles. The summed E-state index contributed by atoms with van der Waals surface area (Å²) >= 11 is 1.42. The van der Waals surface area contributed by atoms with Crippen molar-refractivity contribution in [3.8, 4) is 0 Å². The Morgan fingerprint density at radius 1 is 1.19 bits per heavy atom. The van der Waals surface area contributed by atoms with Crippen molar-refractivity contribution in [1.82, 2.24) is 0 Å². The van der Waals surface area contributed by atoms with Crippen LogP contribution in [0, 0.1) is 19.7 Å². The Morgan fingerprint density at radius 2 is 1.94 bits per heavy atom. The first kappa shape index (κ1) is 11.0. The summed E-state index contributed by atoms with van der Waals surface area (Å²) in [6.45, 7) is 3.65. The molecule has 0 bridgehead atoms. The fraction of sp³-hybridized carbons (Fsp3) is 0.154. The van der Waals surface area contributed by atoms with E-state index in [1.807, 2.05) is 18.4 Å². The maximum atomic E-state index is 12.9. The number of thiophene rings is 1. The lowest BCUT2D eigenvalue weighted by molar-refractivity contribution is 0.104. The molecule has 0 amide bonds. The summed E-state index contributed by atoms with van der Waals surface area (Å²) in [6.07, 6.45) is 0. The van der Waals surface area contributed by atoms with Gasteiger partial charge in [-0.1, -0.05) is 0 Å². The molecular formula is C13H11FOS. The van der Waals surface area contributed by atoms with Gasteiger partial charge in [-0.25, -0.2) is 4.39 Å². The zero-order valence-corrected chi connectivity index (χ0v) is 9.90. The smallest absolute Gasteiger partial charge is 0.203 e. The Morgan fingerprint density at radius 3 is 2.50 bits per heavy atom. The van der Waals surface area contributed by atoms with Crippen LogP contribution in [0.3, 0.4) is 0 Å². The van der Waals surface area contributed by atoms with Gasteiger partial charge in [0, 0.05) is 5.56 Å². The molecule has 0 aliphatic heterocycles. The van der Waals surface area contributed by atoms with Gasteiger partial charge in [-0.05, 0) is 54.6 Å². The minimum absolute atomic E-state index is 0.0231. The molecule has 2 aromatic rings. The first-order valence-electron chi connectivity index (χ1n) is 4.94. The zero-order valence-electron chi connectivity index (χ0n) is 9.08. The van der Waals surface area contributed by atoms with Crippen molar-refractivity contribution >= 4 is 17.1 Å². The molecule has 0 radical (unpaired) electrons. The number of halogens is 1. The number of rotatable bonds is 2. The number of carbonyl (C=O) groups is 1. The van der Waals surface area contributed by atoms with Gasteiger partial charge in [0.2, 0.25) is 5.78 Å². The van der Waals surface area contributed by atoms with Gasteiger partial charge in [0.1, 0.15) is 5.82 Å². The fourth-order valence-corrected chi connectivity index (χ4v) is 2.49. The van der Waals surface area contributed by atoms with Crippen LogP contribution in [-0.4, -0.2) is 5.78 Å². The van der Waals surface area contributed by atoms with E-state index in [0.29, 0.717) is 11.1 Å². The largest absolute Gasteiger partial charge is 0.288 e. The summed E-state index contributed by atoms with van der Waals surface area (Å²) in [6, 6.07) is 6.17. The van der Waals surface area contributed by atoms with Gasteiger partial charge in [-0.3, -0.25) is 4.79 Å². The van der Waals surface area contributed by atoms with Gasteiger partial charge in [-0.2, -0.15) is 0 Å². The van der Waals surface area contributed by atoms with E-state index >= 15 is 0 Å². The van der Waals surface area contributed by atoms with Crippen LogP contribution in [0.1, 0.15) is 26.4 Å². The lowest BCUT2D eigenvalue weighted by atomic mass is 10.0. The number of carbonyl (C=O) groups excluding carboxylic acids is 1. The van der Waals surface area contributed by atoms with Crippen LogP contribution in [0.2, 0.25) is 0 Å². The second-order valence-electron chi connectivity index (χ2n) is 3.72. The van der Waals surface area contributed by atoms with E-state index in [9.17, 15) is 9.18 Å². The molecular weight excluding hydrogens is 223 g/mol. The van der Waals surface area contributed by atoms with Gasteiger partial charge < -0.3 is 0 Å². The molecule has 1 heterocycles. The van der Waals surface area contributed by atoms with Crippen LogP contribution >= 0.6 is 11.3 Å². The number of hydrogen-bond donors (Lipinski definition) is 0. The second-order valence-corrected chi connectivity index (χ2v) is 4.64. The number of aryl methyl sites for hydroxylation is 2. The molecule has 1 nitrogen and oxygen atoms in total. The van der Waals surface area contributed by atoms with Crippen LogP contribution in [0.25, 0.3) is 0 Å². The molecule has 16 heavy (non-hydrogen) atoms. The van der Waals surface area contributed by atoms with E-state index in [4.69, 9.17) is 0 Å². The second kappa shape index (κ2) is 4.18. The summed E-state index contributed by atoms with van der Waals surface area (Å²) in [5.41, 5.74) is 2.23. The van der Waals surface area contributed by atoms with Crippen LogP contribution in [-0.2, 0) is 0 Å². The summed E-state index contributed by atoms with van der Waals surface area (Å²) in [5.74, 6) is -0.332. The van der Waals surface area contributed by atoms with Crippen molar-refractivity contribution in [2.75, 3.05) is 0 Å². The van der Waals surface area contributed by atoms with Crippen molar-refractivity contribution in [3.63, 3.8) is 0 Å². The number of hydrogen-bond acceptors (Lipinski definition) is 2. The highest BCUT2D eigenvalue weighted by molar-refractivity contribution is 7.12. The van der Waals surface area contributed by atoms with E-state index in [1.165, 1.54) is 23.5 Å². The molecule has 2 rings (SSSR count). The minimum atomic E-state index is -0.308. The summed E-state index contributed by atoms with van der Waals surface area (Å²) in [7, 11) is 0. The van der Waals surface area contributed by atoms with Gasteiger partial charge in [0.25, 0.3) is 0 Å². The van der Waals surface area contributed by atoms with E-state index < -0.39 is 0 Å². The van der Waals surface area contributed by atoms with Crippen molar-refractivity contribution in [2.45, 2.75) is 13.8 Å². The predicted octanol–water partition coefficient (Wildman–Crippen LogP) is 3.74. The predicted molar refractivity (Wildman–Crippen MR) is 63.6 cm³/mol. The molecule has 0 saturated heterocycles. The van der Waals surface area contributed by atoms with Gasteiger partial charge >= 0.3 is 0 Å². The highest BCUT2D eigenvalue weighted by Crippen LogP contribution is 2.22. The fourth-order valence-electron chi connectivity index (χ4n) is 1.61. The Labute approximate surface area is 97.6 Å². The third kappa shape index (κ3) is 1.91. The summed E-state index contributed by atoms with van der Waals surface area (Å²) < 4.78 is 12.9. The summed E-state index contributed by atoms with van der Waals surface area (Å²) in [5, 5.41) is 1.89. The Bertz CT molecular complexity index is 543. The molecule has 0 spiro atoms. The molecule has 0 fully saturated rings. The Hall–Kier alpha value is -1.48. The average molecular weight is 234 g/mol. The first-order chi connectivity index (χ1) is 7.59. The molecule has 3 heteroatoms. The van der Waals surface area contributed by atoms with E-state index in [0.717, 1.165) is 10.4 Å². The SMILES string of the molecule is Cc1cc(F)ccc1C(=O)c1sccc1C. The highest BCUT2D eigenvalue weighted by Gasteiger charge is 2.15. The molecule has 0 N–H and O–H groups in total. The Balaban J connectivity index is 2.46. The topological polar surface area (TPSA) is 17.1 Å². The standard InChI is InChI=1S/C13H11FOS/c1-8-5-6-16-13(8)12(15)11-4-3-10(14)7-9(11)2/h3-7H,1-2H3. The van der Waals surface area contributed by atoms with Crippen LogP contribution < -0.4 is 0 Å². The first-order valence-corrected chi connectivity index (χ1v) is 5.82. The third-order valence-electron chi connectivity index (χ3n) is 2.50. The van der Waals surface area contributed by atoms with Crippen molar-refractivity contribution < 1.29 is 9.18 Å². The molecule has 0 saturated carbocycles. The normalized spacial score (nSPS) is 10.4. The monoisotopic (exact) mass is 234 g/mol. The van der Waals surface area contributed by atoms with Crippen molar-refractivity contribution in [3.05, 3.63) is 57.0 Å². The molecule has 0 aliphatic rings. The molecule has 0 unspecified atom stereocenters. The lowest BCUT2D eigenvalue weighted by Crippen LogP contribution is -2.03. The third-order valence-corrected chi connectivity index (χ3v) is 3.52. The van der Waals surface area contributed by atoms with Gasteiger partial charge in [0.05, 0.1) is 4.88 Å². The highest BCUT2D eigenvalue weighted by atomic mass is 32.1. The minimum Gasteiger partial charge on any atom is -0.288 e. The zero-order chi connectivity index (χ0) is 11.7. The molecule has 0 atom stereocenters. The molecule has 82 valence electrons. The maximum absolute atomic E-state index is 12.9. The van der Waals surface area contributed by atoms with Crippen LogP contribution in [0.4, 0.5) is 4.39 Å². The molecule has 1 aromatic heterocycles. The summed E-state index contributed by atoms with van der Waals surface area (Å²) in [4.78, 5) is 12.9. The lowest BCUT2D eigenvalue weighted by Gasteiger charge is -2.04. The molecule has 1 aromatic carbocycles. The van der Waals surface area contributed by atoms with Crippen LogP contribution in [0.15, 0.2) is 29.6 Å². The van der Waals surface area contributed by atoms with Gasteiger partial charge in [0.15, 0.2) is 0 Å². The van der Waals surface area contributed by atoms with Crippen molar-refractivity contribution in [2.24, 2.45) is 0 Å². The van der Waals surface area contributed by atoms with Crippen LogP contribution in [0.5, 0.6) is 0 Å². The number of benzene rings is 1. The maximum Gasteiger partial charge on any atom is 0.203 e. The quantitative estimate of drug-likeness (QED) is 0.723. The average Bonchev–Trinajstić information content (AvgIpc) is 2.63. The van der Waals surface area contributed by atoms with Crippen molar-refractivity contribution in [1.29, 1.82) is 0 Å². The van der Waals surface area contributed by atoms with E-state index in [-0.39, 0.29) is 11.6 Å². The van der Waals surface area contributed by atoms with E-state index in [2.05, 4.69) is 0 Å².